The standard InChI is InChI=1S/C21H29N5O5/c1-12(2)11-25-19-14(9-22-17(27)13-5-7-31-8-6-13)10-23-26(19)21(30)16(20(25)29)18(28)24-15-3-4-15/h10,12-13,15H,3-9,11H2,1-2H3,(H3,22,24,27,28,29,30)/p+1. The van der Waals surface area contributed by atoms with Crippen LogP contribution in [0.25, 0.3) is 5.65 Å². The molecule has 3 heterocycles. The number of fused-ring (bicyclic) bond motifs is 1. The second-order valence-corrected chi connectivity index (χ2v) is 8.82. The van der Waals surface area contributed by atoms with Crippen LogP contribution in [0.3, 0.4) is 0 Å². The molecule has 2 aromatic rings. The lowest BCUT2D eigenvalue weighted by Crippen LogP contribution is -2.46. The van der Waals surface area contributed by atoms with Crippen LogP contribution in [0, 0.1) is 11.8 Å². The fraction of sp³-hybridized carbons (Fsp3) is 0.619. The average Bonchev–Trinajstić information content (AvgIpc) is 3.45. The Morgan fingerprint density at radius 1 is 1.29 bits per heavy atom. The molecule has 31 heavy (non-hydrogen) atoms. The molecule has 10 heteroatoms. The number of amides is 2. The number of carbonyl (C=O) groups excluding carboxylic acids is 2. The van der Waals surface area contributed by atoms with Crippen LogP contribution >= 0.6 is 0 Å². The van der Waals surface area contributed by atoms with Crippen molar-refractivity contribution in [3.05, 3.63) is 27.7 Å². The quantitative estimate of drug-likeness (QED) is 0.465. The number of hydrogen-bond acceptors (Lipinski definition) is 5. The van der Waals surface area contributed by atoms with Gasteiger partial charge in [0.05, 0.1) is 24.8 Å². The van der Waals surface area contributed by atoms with Crippen molar-refractivity contribution >= 4 is 17.5 Å². The minimum Gasteiger partial charge on any atom is -0.477 e. The molecule has 2 amide bonds. The molecule has 4 N–H and O–H groups in total. The van der Waals surface area contributed by atoms with Crippen molar-refractivity contribution in [1.29, 1.82) is 0 Å². The first kappa shape index (κ1) is 21.4. The number of aromatic hydroxyl groups is 1. The molecule has 1 aliphatic carbocycles. The lowest BCUT2D eigenvalue weighted by atomic mass is 9.99. The van der Waals surface area contributed by atoms with Crippen LogP contribution in [0.5, 0.6) is 5.88 Å². The third kappa shape index (κ3) is 4.43. The number of aromatic nitrogens is 3. The highest BCUT2D eigenvalue weighted by Gasteiger charge is 2.34. The molecule has 0 atom stereocenters. The van der Waals surface area contributed by atoms with Crippen LogP contribution < -0.4 is 20.8 Å². The number of nitrogens with zero attached hydrogens (tertiary/aromatic N) is 2. The van der Waals surface area contributed by atoms with Crippen LogP contribution in [-0.4, -0.2) is 45.8 Å². The molecule has 0 unspecified atom stereocenters. The fourth-order valence-electron chi connectivity index (χ4n) is 3.94. The van der Waals surface area contributed by atoms with Crippen LogP contribution in [0.1, 0.15) is 55.5 Å². The van der Waals surface area contributed by atoms with E-state index in [4.69, 9.17) is 4.74 Å². The van der Waals surface area contributed by atoms with E-state index < -0.39 is 11.5 Å². The number of nitrogens with one attached hydrogen (secondary N) is 3. The van der Waals surface area contributed by atoms with Crippen LogP contribution in [0.4, 0.5) is 0 Å². The van der Waals surface area contributed by atoms with E-state index in [1.807, 2.05) is 13.8 Å². The summed E-state index contributed by atoms with van der Waals surface area (Å²) in [6.07, 6.45) is 4.75. The van der Waals surface area contributed by atoms with E-state index in [9.17, 15) is 19.5 Å². The Morgan fingerprint density at radius 2 is 2.00 bits per heavy atom. The van der Waals surface area contributed by atoms with Crippen molar-refractivity contribution in [2.75, 3.05) is 13.2 Å². The molecule has 10 nitrogen and oxygen atoms in total. The minimum atomic E-state index is -0.618. The van der Waals surface area contributed by atoms with Crippen LogP contribution in [0.15, 0.2) is 11.0 Å². The smallest absolute Gasteiger partial charge is 0.378 e. The summed E-state index contributed by atoms with van der Waals surface area (Å²) in [5, 5.41) is 19.5. The molecule has 0 bridgehead atoms. The first-order valence-corrected chi connectivity index (χ1v) is 10.9. The van der Waals surface area contributed by atoms with Gasteiger partial charge in [0.25, 0.3) is 5.91 Å². The van der Waals surface area contributed by atoms with Gasteiger partial charge in [-0.3, -0.25) is 9.59 Å². The van der Waals surface area contributed by atoms with Gasteiger partial charge in [-0.05, 0) is 31.6 Å². The Hall–Kier alpha value is -2.88. The zero-order valence-electron chi connectivity index (χ0n) is 17.9. The number of carbonyl (C=O) groups is 2. The van der Waals surface area contributed by atoms with E-state index in [1.165, 1.54) is 4.52 Å². The first-order valence-electron chi connectivity index (χ1n) is 10.9. The third-order valence-electron chi connectivity index (χ3n) is 5.75. The molecular weight excluding hydrogens is 402 g/mol. The van der Waals surface area contributed by atoms with Crippen LogP contribution in [0.2, 0.25) is 0 Å². The highest BCUT2D eigenvalue weighted by atomic mass is 16.5. The SMILES string of the molecule is CC(C)C[n+]1c(O)c(C(=O)NC2CC2)c(=O)n2[nH]cc(CNC(=O)C3CCOCC3)c21. The molecule has 0 aromatic carbocycles. The largest absolute Gasteiger partial charge is 0.477 e. The predicted molar refractivity (Wildman–Crippen MR) is 111 cm³/mol. The van der Waals surface area contributed by atoms with Gasteiger partial charge in [-0.25, -0.2) is 9.89 Å². The van der Waals surface area contributed by atoms with Gasteiger partial charge in [0.1, 0.15) is 0 Å². The molecule has 0 radical (unpaired) electrons. The maximum atomic E-state index is 13.0. The molecule has 2 aromatic heterocycles. The summed E-state index contributed by atoms with van der Waals surface area (Å²) < 4.78 is 8.14. The summed E-state index contributed by atoms with van der Waals surface area (Å²) in [7, 11) is 0. The number of H-pyrrole nitrogens is 1. The maximum absolute atomic E-state index is 13.0. The molecule has 1 aliphatic heterocycles. The predicted octanol–water partition coefficient (Wildman–Crippen LogP) is 0.212. The van der Waals surface area contributed by atoms with Crippen molar-refractivity contribution in [1.82, 2.24) is 20.2 Å². The third-order valence-corrected chi connectivity index (χ3v) is 5.75. The molecule has 4 rings (SSSR count). The second-order valence-electron chi connectivity index (χ2n) is 8.82. The number of rotatable bonds is 7. The Kier molecular flexibility index (Phi) is 5.99. The first-order chi connectivity index (χ1) is 14.9. The number of aromatic amines is 1. The Bertz CT molecular complexity index is 1050. The van der Waals surface area contributed by atoms with Crippen LogP contribution in [-0.2, 0) is 22.6 Å². The molecule has 2 aliphatic rings. The van der Waals surface area contributed by atoms with Crippen molar-refractivity contribution < 1.29 is 24.0 Å². The van der Waals surface area contributed by atoms with Crippen molar-refractivity contribution in [2.24, 2.45) is 11.8 Å². The highest BCUT2D eigenvalue weighted by Crippen LogP contribution is 2.21. The van der Waals surface area contributed by atoms with E-state index in [1.54, 1.807) is 10.8 Å². The molecular formula is C21H30N5O5+. The molecule has 1 saturated heterocycles. The van der Waals surface area contributed by atoms with E-state index >= 15 is 0 Å². The summed E-state index contributed by atoms with van der Waals surface area (Å²) in [5.74, 6) is -0.911. The normalized spacial score (nSPS) is 17.3. The Morgan fingerprint density at radius 3 is 2.65 bits per heavy atom. The molecule has 2 fully saturated rings. The van der Waals surface area contributed by atoms with E-state index in [2.05, 4.69) is 15.7 Å². The second kappa shape index (κ2) is 8.70. The van der Waals surface area contributed by atoms with Gasteiger partial charge in [0.2, 0.25) is 11.5 Å². The van der Waals surface area contributed by atoms with Gasteiger partial charge in [-0.1, -0.05) is 18.4 Å². The van der Waals surface area contributed by atoms with Gasteiger partial charge in [-0.2, -0.15) is 4.57 Å². The van der Waals surface area contributed by atoms with Gasteiger partial charge < -0.3 is 20.5 Å². The number of hydrogen-bond donors (Lipinski definition) is 4. The van der Waals surface area contributed by atoms with E-state index in [0.717, 1.165) is 12.8 Å². The monoisotopic (exact) mass is 432 g/mol. The van der Waals surface area contributed by atoms with Crippen molar-refractivity contribution in [2.45, 2.75) is 58.7 Å². The number of ether oxygens (including phenoxy) is 1. The fourth-order valence-corrected chi connectivity index (χ4v) is 3.94. The zero-order chi connectivity index (χ0) is 22.1. The summed E-state index contributed by atoms with van der Waals surface area (Å²) in [5.41, 5.74) is 0.200. The molecule has 1 saturated carbocycles. The van der Waals surface area contributed by atoms with Gasteiger partial charge >= 0.3 is 17.1 Å². The summed E-state index contributed by atoms with van der Waals surface area (Å²) >= 11 is 0. The summed E-state index contributed by atoms with van der Waals surface area (Å²) in [4.78, 5) is 38.2. The maximum Gasteiger partial charge on any atom is 0.378 e. The van der Waals surface area contributed by atoms with E-state index in [0.29, 0.717) is 43.8 Å². The van der Waals surface area contributed by atoms with Gasteiger partial charge in [-0.15, -0.1) is 0 Å². The van der Waals surface area contributed by atoms with Gasteiger partial charge in [0.15, 0.2) is 0 Å². The van der Waals surface area contributed by atoms with Gasteiger partial charge in [0, 0.05) is 25.2 Å². The Labute approximate surface area is 179 Å². The zero-order valence-corrected chi connectivity index (χ0v) is 17.9. The topological polar surface area (TPSA) is 129 Å². The van der Waals surface area contributed by atoms with Crippen molar-refractivity contribution in [3.8, 4) is 5.88 Å². The summed E-state index contributed by atoms with van der Waals surface area (Å²) in [6.45, 7) is 5.73. The average molecular weight is 433 g/mol. The van der Waals surface area contributed by atoms with Crippen molar-refractivity contribution in [3.63, 3.8) is 0 Å². The summed E-state index contributed by atoms with van der Waals surface area (Å²) in [6, 6.07) is 0.0603. The van der Waals surface area contributed by atoms with E-state index in [-0.39, 0.29) is 41.8 Å². The lowest BCUT2D eigenvalue weighted by molar-refractivity contribution is -0.686. The highest BCUT2D eigenvalue weighted by molar-refractivity contribution is 5.96. The molecule has 0 spiro atoms. The molecule has 168 valence electrons. The minimum absolute atomic E-state index is 0.0509. The Balaban J connectivity index is 1.68. The lowest BCUT2D eigenvalue weighted by Gasteiger charge is -2.21.